The third kappa shape index (κ3) is 2.30. The lowest BCUT2D eigenvalue weighted by Crippen LogP contribution is -2.67. The number of rotatable bonds is 1. The van der Waals surface area contributed by atoms with Gasteiger partial charge in [0.25, 0.3) is 0 Å². The van der Waals surface area contributed by atoms with Crippen LogP contribution in [-0.4, -0.2) is 45.2 Å². The van der Waals surface area contributed by atoms with E-state index in [0.29, 0.717) is 38.7 Å². The van der Waals surface area contributed by atoms with Crippen molar-refractivity contribution >= 4 is 5.97 Å². The molecule has 8 atom stereocenters. The van der Waals surface area contributed by atoms with Crippen LogP contribution in [0.5, 0.6) is 0 Å². The van der Waals surface area contributed by atoms with Gasteiger partial charge < -0.3 is 20.1 Å². The number of cyclic esters (lactones) is 1. The van der Waals surface area contributed by atoms with Gasteiger partial charge in [0.1, 0.15) is 6.61 Å². The Morgan fingerprint density at radius 3 is 2.55 bits per heavy atom. The van der Waals surface area contributed by atoms with E-state index in [2.05, 4.69) is 13.0 Å². The Morgan fingerprint density at radius 1 is 1.10 bits per heavy atom. The molecule has 3 N–H and O–H groups in total. The van der Waals surface area contributed by atoms with Crippen LogP contribution in [0, 0.1) is 39.9 Å². The number of carbonyl (C=O) groups excluding carboxylic acids is 1. The first-order chi connectivity index (χ1) is 13.7. The summed E-state index contributed by atoms with van der Waals surface area (Å²) in [5.41, 5.74) is -2.33. The molecule has 158 valence electrons. The molecule has 0 spiro atoms. The molecule has 5 aliphatic rings. The second-order valence-corrected chi connectivity index (χ2v) is 10.6. The summed E-state index contributed by atoms with van der Waals surface area (Å²) >= 11 is 0. The van der Waals surface area contributed by atoms with Gasteiger partial charge in [-0.2, -0.15) is 5.26 Å². The van der Waals surface area contributed by atoms with Crippen molar-refractivity contribution in [3.05, 3.63) is 11.6 Å². The fraction of sp³-hybridized carbons (Fsp3) is 0.826. The topological polar surface area (TPSA) is 111 Å². The molecule has 29 heavy (non-hydrogen) atoms. The van der Waals surface area contributed by atoms with Crippen molar-refractivity contribution in [1.29, 1.82) is 5.26 Å². The SMILES string of the molecule is CC12CC[C@H]3[C@@H](CCC4(O)CC(O)CCC34C#N)C1(O)CCC2C1=CC(=O)OC1. The van der Waals surface area contributed by atoms with Crippen molar-refractivity contribution in [2.45, 2.75) is 82.0 Å². The quantitative estimate of drug-likeness (QED) is 0.581. The summed E-state index contributed by atoms with van der Waals surface area (Å²) in [6.45, 7) is 2.47. The van der Waals surface area contributed by atoms with E-state index < -0.39 is 22.7 Å². The Labute approximate surface area is 171 Å². The zero-order valence-electron chi connectivity index (χ0n) is 17.1. The standard InChI is InChI=1S/C23H31NO5/c1-20-6-3-17-18(4-8-22(27)11-15(25)2-7-21(17,22)13-24)23(20,28)9-5-16(20)14-10-19(26)29-12-14/h10,15-18,25,27-28H,2-9,11-12H2,1H3/t15?,16?,17-,18+,20?,21?,22?,23?/m0/s1. The number of nitrogens with zero attached hydrogens (tertiary/aromatic N) is 1. The van der Waals surface area contributed by atoms with E-state index >= 15 is 0 Å². The minimum absolute atomic E-state index is 0.0416. The van der Waals surface area contributed by atoms with E-state index in [0.717, 1.165) is 24.8 Å². The van der Waals surface area contributed by atoms with Crippen LogP contribution in [0.1, 0.15) is 64.7 Å². The summed E-state index contributed by atoms with van der Waals surface area (Å²) in [6, 6.07) is 2.51. The molecular formula is C23H31NO5. The van der Waals surface area contributed by atoms with Crippen LogP contribution in [0.4, 0.5) is 0 Å². The average molecular weight is 402 g/mol. The molecule has 6 heteroatoms. The van der Waals surface area contributed by atoms with E-state index in [1.54, 1.807) is 6.08 Å². The zero-order chi connectivity index (χ0) is 20.7. The zero-order valence-corrected chi connectivity index (χ0v) is 17.1. The molecule has 0 bridgehead atoms. The number of hydrogen-bond donors (Lipinski definition) is 3. The highest BCUT2D eigenvalue weighted by Crippen LogP contribution is 2.70. The minimum Gasteiger partial charge on any atom is -0.458 e. The second kappa shape index (κ2) is 6.06. The summed E-state index contributed by atoms with van der Waals surface area (Å²) in [7, 11) is 0. The lowest BCUT2D eigenvalue weighted by molar-refractivity contribution is -0.242. The summed E-state index contributed by atoms with van der Waals surface area (Å²) in [5, 5.41) is 44.0. The molecule has 6 nitrogen and oxygen atoms in total. The highest BCUT2D eigenvalue weighted by Gasteiger charge is 2.71. The molecule has 5 rings (SSSR count). The predicted molar refractivity (Wildman–Crippen MR) is 103 cm³/mol. The van der Waals surface area contributed by atoms with Crippen molar-refractivity contribution in [1.82, 2.24) is 0 Å². The maximum Gasteiger partial charge on any atom is 0.331 e. The maximum absolute atomic E-state index is 12.1. The van der Waals surface area contributed by atoms with Gasteiger partial charge >= 0.3 is 5.97 Å². The maximum atomic E-state index is 12.1. The van der Waals surface area contributed by atoms with Crippen molar-refractivity contribution in [2.75, 3.05) is 6.61 Å². The average Bonchev–Trinajstić information content (AvgIpc) is 3.21. The Kier molecular flexibility index (Phi) is 4.08. The van der Waals surface area contributed by atoms with Crippen LogP contribution in [0.3, 0.4) is 0 Å². The van der Waals surface area contributed by atoms with Crippen LogP contribution in [0.25, 0.3) is 0 Å². The minimum atomic E-state index is -1.17. The molecule has 1 aliphatic heterocycles. The lowest BCUT2D eigenvalue weighted by Gasteiger charge is -2.64. The first kappa shape index (κ1) is 19.5. The van der Waals surface area contributed by atoms with Crippen LogP contribution in [-0.2, 0) is 9.53 Å². The van der Waals surface area contributed by atoms with Crippen molar-refractivity contribution in [3.8, 4) is 6.07 Å². The van der Waals surface area contributed by atoms with Gasteiger partial charge in [0, 0.05) is 17.9 Å². The number of fused-ring (bicyclic) bond motifs is 5. The first-order valence-corrected chi connectivity index (χ1v) is 11.1. The highest BCUT2D eigenvalue weighted by atomic mass is 16.5. The van der Waals surface area contributed by atoms with E-state index in [-0.39, 0.29) is 35.6 Å². The Hall–Kier alpha value is -1.42. The number of aliphatic hydroxyl groups is 3. The largest absolute Gasteiger partial charge is 0.458 e. The number of carbonyl (C=O) groups is 1. The van der Waals surface area contributed by atoms with Gasteiger partial charge in [-0.15, -0.1) is 0 Å². The third-order valence-corrected chi connectivity index (χ3v) is 9.75. The van der Waals surface area contributed by atoms with Crippen LogP contribution >= 0.6 is 0 Å². The summed E-state index contributed by atoms with van der Waals surface area (Å²) in [4.78, 5) is 11.6. The smallest absolute Gasteiger partial charge is 0.331 e. The number of esters is 1. The monoisotopic (exact) mass is 401 g/mol. The first-order valence-electron chi connectivity index (χ1n) is 11.1. The van der Waals surface area contributed by atoms with Gasteiger partial charge in [0.2, 0.25) is 0 Å². The van der Waals surface area contributed by atoms with Gasteiger partial charge in [-0.1, -0.05) is 6.92 Å². The van der Waals surface area contributed by atoms with Gasteiger partial charge in [0.05, 0.1) is 28.8 Å². The van der Waals surface area contributed by atoms with Crippen LogP contribution in [0.15, 0.2) is 11.6 Å². The predicted octanol–water partition coefficient (Wildman–Crippen LogP) is 2.22. The Morgan fingerprint density at radius 2 is 1.86 bits per heavy atom. The molecule has 4 aliphatic carbocycles. The normalized spacial score (nSPS) is 53.9. The third-order valence-electron chi connectivity index (χ3n) is 9.75. The molecule has 0 aromatic rings. The van der Waals surface area contributed by atoms with Crippen molar-refractivity contribution in [3.63, 3.8) is 0 Å². The van der Waals surface area contributed by atoms with E-state index in [4.69, 9.17) is 4.74 Å². The summed E-state index contributed by atoms with van der Waals surface area (Å²) < 4.78 is 5.16. The lowest BCUT2D eigenvalue weighted by atomic mass is 9.41. The van der Waals surface area contributed by atoms with Crippen LogP contribution in [0.2, 0.25) is 0 Å². The molecular weight excluding hydrogens is 370 g/mol. The van der Waals surface area contributed by atoms with Gasteiger partial charge in [-0.3, -0.25) is 0 Å². The van der Waals surface area contributed by atoms with Crippen LogP contribution < -0.4 is 0 Å². The molecule has 4 fully saturated rings. The summed E-state index contributed by atoms with van der Waals surface area (Å²) in [5.74, 6) is -0.280. The Bertz CT molecular complexity index is 819. The van der Waals surface area contributed by atoms with E-state index in [1.807, 2.05) is 0 Å². The molecule has 0 aromatic heterocycles. The molecule has 0 saturated heterocycles. The van der Waals surface area contributed by atoms with E-state index in [1.165, 1.54) is 0 Å². The molecule has 0 radical (unpaired) electrons. The van der Waals surface area contributed by atoms with Gasteiger partial charge in [0.15, 0.2) is 0 Å². The second-order valence-electron chi connectivity index (χ2n) is 10.6. The molecule has 6 unspecified atom stereocenters. The highest BCUT2D eigenvalue weighted by molar-refractivity contribution is 5.85. The van der Waals surface area contributed by atoms with Crippen molar-refractivity contribution in [2.24, 2.45) is 28.6 Å². The number of nitriles is 1. The fourth-order valence-electron chi connectivity index (χ4n) is 8.27. The number of hydrogen-bond acceptors (Lipinski definition) is 6. The molecule has 4 saturated carbocycles. The molecule has 0 aromatic carbocycles. The molecule has 1 heterocycles. The van der Waals surface area contributed by atoms with Crippen molar-refractivity contribution < 1.29 is 24.9 Å². The fourth-order valence-corrected chi connectivity index (χ4v) is 8.27. The molecule has 0 amide bonds. The number of ether oxygens (including phenoxy) is 1. The summed E-state index contributed by atoms with van der Waals surface area (Å²) in [6.07, 6.45) is 6.48. The number of aliphatic hydroxyl groups excluding tert-OH is 1. The van der Waals surface area contributed by atoms with E-state index in [9.17, 15) is 25.4 Å². The van der Waals surface area contributed by atoms with Gasteiger partial charge in [-0.25, -0.2) is 4.79 Å². The van der Waals surface area contributed by atoms with Gasteiger partial charge in [-0.05, 0) is 74.7 Å². The Balaban J connectivity index is 1.52.